The first-order chi connectivity index (χ1) is 12.3. The minimum atomic E-state index is -1.38. The highest BCUT2D eigenvalue weighted by molar-refractivity contribution is 6.90. The summed E-state index contributed by atoms with van der Waals surface area (Å²) >= 11 is 0. The molecule has 0 aliphatic heterocycles. The lowest BCUT2D eigenvalue weighted by Gasteiger charge is -2.36. The van der Waals surface area contributed by atoms with Gasteiger partial charge in [-0.15, -0.1) is 6.58 Å². The van der Waals surface area contributed by atoms with Crippen LogP contribution >= 0.6 is 0 Å². The fourth-order valence-corrected chi connectivity index (χ4v) is 13.1. The zero-order valence-electron chi connectivity index (χ0n) is 17.7. The van der Waals surface area contributed by atoms with Crippen LogP contribution in [-0.2, 0) is 0 Å². The first kappa shape index (κ1) is 20.1. The van der Waals surface area contributed by atoms with Gasteiger partial charge in [0.2, 0.25) is 0 Å². The average molecular weight is 385 g/mol. The van der Waals surface area contributed by atoms with Crippen molar-refractivity contribution in [1.82, 2.24) is 0 Å². The number of rotatable bonds is 7. The van der Waals surface area contributed by atoms with Crippen LogP contribution in [0.2, 0.25) is 43.3 Å². The molecule has 0 nitrogen and oxygen atoms in total. The maximum Gasteiger partial charge on any atom is 0.0845 e. The zero-order chi connectivity index (χ0) is 18.8. The van der Waals surface area contributed by atoms with Gasteiger partial charge in [-0.3, -0.25) is 0 Å². The van der Waals surface area contributed by atoms with E-state index in [1.807, 2.05) is 0 Å². The Hall–Kier alpha value is -0.606. The molecule has 2 unspecified atom stereocenters. The molecule has 144 valence electrons. The summed E-state index contributed by atoms with van der Waals surface area (Å²) in [4.78, 5) is 0. The first-order valence-corrected chi connectivity index (χ1v) is 17.4. The molecule has 26 heavy (non-hydrogen) atoms. The van der Waals surface area contributed by atoms with E-state index in [9.17, 15) is 0 Å². The third kappa shape index (κ3) is 4.62. The Balaban J connectivity index is 1.53. The fourth-order valence-electron chi connectivity index (χ4n) is 6.04. The minimum absolute atomic E-state index is 0.932. The van der Waals surface area contributed by atoms with Crippen molar-refractivity contribution in [3.05, 3.63) is 42.5 Å². The summed E-state index contributed by atoms with van der Waals surface area (Å²) in [6, 6.07) is 12.5. The monoisotopic (exact) mass is 384 g/mol. The van der Waals surface area contributed by atoms with E-state index in [2.05, 4.69) is 63.1 Å². The molecule has 0 N–H and O–H groups in total. The lowest BCUT2D eigenvalue weighted by molar-refractivity contribution is 0.541. The summed E-state index contributed by atoms with van der Waals surface area (Å²) in [5, 5.41) is 1.58. The molecule has 2 fully saturated rings. The third-order valence-electron chi connectivity index (χ3n) is 7.83. The number of hydrogen-bond donors (Lipinski definition) is 0. The Morgan fingerprint density at radius 2 is 1.58 bits per heavy atom. The predicted molar refractivity (Wildman–Crippen MR) is 123 cm³/mol. The summed E-state index contributed by atoms with van der Waals surface area (Å²) in [5.74, 6) is 0.932. The molecule has 2 heteroatoms. The largest absolute Gasteiger partial charge is 0.100 e. The molecule has 3 rings (SSSR count). The Morgan fingerprint density at radius 3 is 2.23 bits per heavy atom. The molecule has 0 amide bonds. The molecule has 1 aromatic rings. The van der Waals surface area contributed by atoms with Crippen LogP contribution in [0.15, 0.2) is 42.5 Å². The standard InChI is InChI=1S/C24H40Si2/c1-20(19-25(2,3)22-11-7-6-8-12-22)17-21-15-16-24(18-21)26(4,5)23-13-9-10-14-23/h6-8,11-12,21,23-24H,1,9-10,13-19H2,2-5H3. The molecule has 0 saturated heterocycles. The van der Waals surface area contributed by atoms with E-state index in [0.717, 1.165) is 17.0 Å². The average Bonchev–Trinajstić information content (AvgIpc) is 3.27. The summed E-state index contributed by atoms with van der Waals surface area (Å²) < 4.78 is 0. The molecule has 0 aromatic heterocycles. The smallest absolute Gasteiger partial charge is 0.0845 e. The van der Waals surface area contributed by atoms with Gasteiger partial charge in [0.05, 0.1) is 16.1 Å². The lowest BCUT2D eigenvalue weighted by atomic mass is 10.00. The van der Waals surface area contributed by atoms with Crippen LogP contribution < -0.4 is 5.19 Å². The van der Waals surface area contributed by atoms with Gasteiger partial charge in [-0.1, -0.05) is 106 Å². The van der Waals surface area contributed by atoms with Crippen molar-refractivity contribution in [2.75, 3.05) is 0 Å². The van der Waals surface area contributed by atoms with Crippen LogP contribution in [0.5, 0.6) is 0 Å². The number of hydrogen-bond acceptors (Lipinski definition) is 0. The quantitative estimate of drug-likeness (QED) is 0.340. The molecule has 0 bridgehead atoms. The lowest BCUT2D eigenvalue weighted by Crippen LogP contribution is -2.41. The van der Waals surface area contributed by atoms with Crippen molar-refractivity contribution in [3.63, 3.8) is 0 Å². The van der Waals surface area contributed by atoms with Crippen molar-refractivity contribution < 1.29 is 0 Å². The fraction of sp³-hybridized carbons (Fsp3) is 0.667. The highest BCUT2D eigenvalue weighted by Gasteiger charge is 2.43. The SMILES string of the molecule is C=C(CC1CCC([Si](C)(C)C2CCCC2)C1)C[Si](C)(C)c1ccccc1. The molecular weight excluding hydrogens is 344 g/mol. The van der Waals surface area contributed by atoms with Gasteiger partial charge in [0.15, 0.2) is 0 Å². The highest BCUT2D eigenvalue weighted by atomic mass is 28.3. The Labute approximate surface area is 164 Å². The first-order valence-electron chi connectivity index (χ1n) is 11.0. The van der Waals surface area contributed by atoms with E-state index in [1.165, 1.54) is 50.1 Å². The van der Waals surface area contributed by atoms with E-state index < -0.39 is 16.1 Å². The molecule has 2 aliphatic carbocycles. The van der Waals surface area contributed by atoms with Crippen LogP contribution in [0.3, 0.4) is 0 Å². The molecule has 2 atom stereocenters. The van der Waals surface area contributed by atoms with Crippen LogP contribution in [0.1, 0.15) is 51.4 Å². The zero-order valence-corrected chi connectivity index (χ0v) is 19.7. The normalized spacial score (nSPS) is 24.9. The van der Waals surface area contributed by atoms with Crippen LogP contribution in [0.25, 0.3) is 0 Å². The van der Waals surface area contributed by atoms with E-state index in [1.54, 1.807) is 18.0 Å². The van der Waals surface area contributed by atoms with Crippen LogP contribution in [-0.4, -0.2) is 16.1 Å². The Morgan fingerprint density at radius 1 is 0.923 bits per heavy atom. The van der Waals surface area contributed by atoms with Crippen LogP contribution in [0.4, 0.5) is 0 Å². The maximum atomic E-state index is 4.54. The second-order valence-corrected chi connectivity index (χ2v) is 20.5. The topological polar surface area (TPSA) is 0 Å². The van der Waals surface area contributed by atoms with Gasteiger partial charge in [0.25, 0.3) is 0 Å². The summed E-state index contributed by atoms with van der Waals surface area (Å²) in [5.41, 5.74) is 3.75. The van der Waals surface area contributed by atoms with Crippen molar-refractivity contribution in [2.45, 2.75) is 94.7 Å². The van der Waals surface area contributed by atoms with Gasteiger partial charge in [-0.2, -0.15) is 0 Å². The predicted octanol–water partition coefficient (Wildman–Crippen LogP) is 7.37. The van der Waals surface area contributed by atoms with E-state index >= 15 is 0 Å². The van der Waals surface area contributed by atoms with Crippen molar-refractivity contribution in [1.29, 1.82) is 0 Å². The molecule has 1 aromatic carbocycles. The molecule has 0 radical (unpaired) electrons. The van der Waals surface area contributed by atoms with Crippen molar-refractivity contribution in [3.8, 4) is 0 Å². The highest BCUT2D eigenvalue weighted by Crippen LogP contribution is 2.52. The van der Waals surface area contributed by atoms with E-state index in [-0.39, 0.29) is 0 Å². The van der Waals surface area contributed by atoms with Gasteiger partial charge in [0, 0.05) is 0 Å². The van der Waals surface area contributed by atoms with Crippen LogP contribution in [0, 0.1) is 5.92 Å². The van der Waals surface area contributed by atoms with E-state index in [0.29, 0.717) is 0 Å². The summed E-state index contributed by atoms with van der Waals surface area (Å²) in [6.07, 6.45) is 11.9. The van der Waals surface area contributed by atoms with Gasteiger partial charge >= 0.3 is 0 Å². The third-order valence-corrected chi connectivity index (χ3v) is 16.4. The van der Waals surface area contributed by atoms with Gasteiger partial charge < -0.3 is 0 Å². The Kier molecular flexibility index (Phi) is 6.34. The second kappa shape index (κ2) is 8.18. The second-order valence-electron chi connectivity index (χ2n) is 10.6. The number of benzene rings is 1. The molecule has 0 heterocycles. The molecular formula is C24H40Si2. The summed E-state index contributed by atoms with van der Waals surface area (Å²) in [6.45, 7) is 15.0. The van der Waals surface area contributed by atoms with Crippen molar-refractivity contribution >= 4 is 21.3 Å². The Bertz CT molecular complexity index is 596. The summed E-state index contributed by atoms with van der Waals surface area (Å²) in [7, 11) is -2.43. The van der Waals surface area contributed by atoms with Gasteiger partial charge in [0.1, 0.15) is 0 Å². The molecule has 2 saturated carbocycles. The van der Waals surface area contributed by atoms with Crippen molar-refractivity contribution in [2.24, 2.45) is 5.92 Å². The number of allylic oxidation sites excluding steroid dienone is 1. The van der Waals surface area contributed by atoms with E-state index in [4.69, 9.17) is 0 Å². The maximum absolute atomic E-state index is 4.54. The van der Waals surface area contributed by atoms with Gasteiger partial charge in [-0.25, -0.2) is 0 Å². The van der Waals surface area contributed by atoms with Gasteiger partial charge in [-0.05, 0) is 35.9 Å². The molecule has 2 aliphatic rings. The minimum Gasteiger partial charge on any atom is -0.100 e. The molecule has 0 spiro atoms.